The number of carbonyl (C=O) groups excluding carboxylic acids is 1. The summed E-state index contributed by atoms with van der Waals surface area (Å²) in [5.74, 6) is 0.425. The van der Waals surface area contributed by atoms with Crippen LogP contribution in [0.3, 0.4) is 0 Å². The fraction of sp³-hybridized carbons (Fsp3) is 0.294. The van der Waals surface area contributed by atoms with Crippen LogP contribution in [-0.2, 0) is 11.3 Å². The predicted octanol–water partition coefficient (Wildman–Crippen LogP) is 3.91. The molecule has 1 N–H and O–H groups in total. The third kappa shape index (κ3) is 4.10. The molecule has 136 valence electrons. The average molecular weight is 391 g/mol. The zero-order valence-electron chi connectivity index (χ0n) is 14.6. The molecular formula is C17H18FN5OS2. The Kier molecular flexibility index (Phi) is 5.67. The van der Waals surface area contributed by atoms with E-state index in [2.05, 4.69) is 20.5 Å². The number of benzene rings is 1. The van der Waals surface area contributed by atoms with Gasteiger partial charge in [-0.15, -0.1) is 21.5 Å². The van der Waals surface area contributed by atoms with Crippen LogP contribution in [0.5, 0.6) is 0 Å². The SMILES string of the molecule is CCn1c(SCC(=O)Nc2nc(C)c(C)s2)nnc1-c1ccc(F)cc1. The van der Waals surface area contributed by atoms with E-state index in [1.54, 1.807) is 12.1 Å². The van der Waals surface area contributed by atoms with E-state index in [4.69, 9.17) is 0 Å². The van der Waals surface area contributed by atoms with Gasteiger partial charge in [0.2, 0.25) is 5.91 Å². The number of hydrogen-bond acceptors (Lipinski definition) is 6. The number of aryl methyl sites for hydroxylation is 2. The number of halogens is 1. The molecule has 0 atom stereocenters. The van der Waals surface area contributed by atoms with E-state index in [9.17, 15) is 9.18 Å². The second-order valence-corrected chi connectivity index (χ2v) is 7.70. The molecule has 1 amide bonds. The molecule has 0 radical (unpaired) electrons. The van der Waals surface area contributed by atoms with Gasteiger partial charge in [0.05, 0.1) is 11.4 Å². The summed E-state index contributed by atoms with van der Waals surface area (Å²) in [6.45, 7) is 6.51. The summed E-state index contributed by atoms with van der Waals surface area (Å²) in [7, 11) is 0. The third-order valence-corrected chi connectivity index (χ3v) is 5.70. The minimum absolute atomic E-state index is 0.141. The largest absolute Gasteiger partial charge is 0.302 e. The van der Waals surface area contributed by atoms with Crippen molar-refractivity contribution < 1.29 is 9.18 Å². The number of carbonyl (C=O) groups is 1. The van der Waals surface area contributed by atoms with Crippen molar-refractivity contribution in [2.24, 2.45) is 0 Å². The molecule has 0 saturated carbocycles. The highest BCUT2D eigenvalue weighted by Crippen LogP contribution is 2.25. The molecule has 3 aromatic rings. The first-order valence-corrected chi connectivity index (χ1v) is 9.84. The first kappa shape index (κ1) is 18.5. The van der Waals surface area contributed by atoms with Crippen molar-refractivity contribution in [3.63, 3.8) is 0 Å². The van der Waals surface area contributed by atoms with Crippen molar-refractivity contribution in [3.05, 3.63) is 40.7 Å². The van der Waals surface area contributed by atoms with Crippen molar-refractivity contribution >= 4 is 34.1 Å². The minimum atomic E-state index is -0.296. The van der Waals surface area contributed by atoms with Gasteiger partial charge in [-0.05, 0) is 45.0 Å². The van der Waals surface area contributed by atoms with Crippen molar-refractivity contribution in [3.8, 4) is 11.4 Å². The van der Waals surface area contributed by atoms with Gasteiger partial charge in [-0.1, -0.05) is 11.8 Å². The lowest BCUT2D eigenvalue weighted by Gasteiger charge is -2.07. The summed E-state index contributed by atoms with van der Waals surface area (Å²) in [5, 5.41) is 12.4. The molecule has 26 heavy (non-hydrogen) atoms. The molecule has 0 saturated heterocycles. The highest BCUT2D eigenvalue weighted by atomic mass is 32.2. The summed E-state index contributed by atoms with van der Waals surface area (Å²) in [6.07, 6.45) is 0. The van der Waals surface area contributed by atoms with Gasteiger partial charge in [0, 0.05) is 17.0 Å². The van der Waals surface area contributed by atoms with Gasteiger partial charge >= 0.3 is 0 Å². The highest BCUT2D eigenvalue weighted by molar-refractivity contribution is 7.99. The lowest BCUT2D eigenvalue weighted by Crippen LogP contribution is -2.14. The Balaban J connectivity index is 1.68. The Hall–Kier alpha value is -2.26. The van der Waals surface area contributed by atoms with Gasteiger partial charge in [-0.2, -0.15) is 0 Å². The molecule has 2 aromatic heterocycles. The van der Waals surface area contributed by atoms with Crippen molar-refractivity contribution in [2.75, 3.05) is 11.1 Å². The van der Waals surface area contributed by atoms with E-state index in [1.807, 2.05) is 25.3 Å². The monoisotopic (exact) mass is 391 g/mol. The number of nitrogens with one attached hydrogen (secondary N) is 1. The normalized spacial score (nSPS) is 10.9. The van der Waals surface area contributed by atoms with Crippen molar-refractivity contribution in [1.29, 1.82) is 0 Å². The second kappa shape index (κ2) is 7.96. The zero-order valence-corrected chi connectivity index (χ0v) is 16.2. The van der Waals surface area contributed by atoms with Crippen LogP contribution in [-0.4, -0.2) is 31.4 Å². The standard InChI is InChI=1S/C17H18FN5OS2/c1-4-23-15(12-5-7-13(18)8-6-12)21-22-17(23)25-9-14(24)20-16-19-10(2)11(3)26-16/h5-8H,4,9H2,1-3H3,(H,19,20,24). The molecule has 1 aromatic carbocycles. The summed E-state index contributed by atoms with van der Waals surface area (Å²) in [4.78, 5) is 17.5. The zero-order chi connectivity index (χ0) is 18.7. The van der Waals surface area contributed by atoms with Gasteiger partial charge in [0.15, 0.2) is 16.1 Å². The number of hydrogen-bond donors (Lipinski definition) is 1. The van der Waals surface area contributed by atoms with Crippen LogP contribution in [0.15, 0.2) is 29.4 Å². The van der Waals surface area contributed by atoms with E-state index in [0.29, 0.717) is 22.7 Å². The van der Waals surface area contributed by atoms with Gasteiger partial charge in [-0.25, -0.2) is 9.37 Å². The van der Waals surface area contributed by atoms with Crippen molar-refractivity contribution in [2.45, 2.75) is 32.5 Å². The molecule has 0 spiro atoms. The fourth-order valence-corrected chi connectivity index (χ4v) is 3.94. The molecule has 0 unspecified atom stereocenters. The number of thioether (sulfide) groups is 1. The molecule has 0 aliphatic heterocycles. The molecule has 0 aliphatic rings. The Morgan fingerprint density at radius 1 is 1.27 bits per heavy atom. The average Bonchev–Trinajstić information content (AvgIpc) is 3.16. The quantitative estimate of drug-likeness (QED) is 0.645. The van der Waals surface area contributed by atoms with E-state index in [-0.39, 0.29) is 17.5 Å². The maximum absolute atomic E-state index is 13.1. The summed E-state index contributed by atoms with van der Waals surface area (Å²) < 4.78 is 15.0. The van der Waals surface area contributed by atoms with Gasteiger partial charge in [0.25, 0.3) is 0 Å². The molecule has 0 bridgehead atoms. The molecule has 6 nitrogen and oxygen atoms in total. The number of thiazole rings is 1. The topological polar surface area (TPSA) is 72.7 Å². The smallest absolute Gasteiger partial charge is 0.236 e. The lowest BCUT2D eigenvalue weighted by atomic mass is 10.2. The molecule has 9 heteroatoms. The number of aromatic nitrogens is 4. The maximum Gasteiger partial charge on any atom is 0.236 e. The Labute approximate surface area is 158 Å². The van der Waals surface area contributed by atoms with Crippen LogP contribution in [0.4, 0.5) is 9.52 Å². The molecule has 0 aliphatic carbocycles. The van der Waals surface area contributed by atoms with Gasteiger partial charge in [0.1, 0.15) is 5.82 Å². The van der Waals surface area contributed by atoms with Crippen LogP contribution in [0.1, 0.15) is 17.5 Å². The maximum atomic E-state index is 13.1. The minimum Gasteiger partial charge on any atom is -0.302 e. The lowest BCUT2D eigenvalue weighted by molar-refractivity contribution is -0.113. The Morgan fingerprint density at radius 2 is 2.00 bits per heavy atom. The van der Waals surface area contributed by atoms with Crippen LogP contribution < -0.4 is 5.32 Å². The van der Waals surface area contributed by atoms with Crippen LogP contribution in [0, 0.1) is 19.7 Å². The van der Waals surface area contributed by atoms with Crippen molar-refractivity contribution in [1.82, 2.24) is 19.7 Å². The van der Waals surface area contributed by atoms with Crippen LogP contribution in [0.2, 0.25) is 0 Å². The van der Waals surface area contributed by atoms with Gasteiger partial charge in [-0.3, -0.25) is 4.79 Å². The van der Waals surface area contributed by atoms with Crippen LogP contribution >= 0.6 is 23.1 Å². The number of nitrogens with zero attached hydrogens (tertiary/aromatic N) is 4. The molecule has 0 fully saturated rings. The number of amides is 1. The molecular weight excluding hydrogens is 373 g/mol. The van der Waals surface area contributed by atoms with E-state index < -0.39 is 0 Å². The summed E-state index contributed by atoms with van der Waals surface area (Å²) in [5.41, 5.74) is 1.71. The first-order valence-electron chi connectivity index (χ1n) is 8.03. The second-order valence-electron chi connectivity index (χ2n) is 5.55. The number of rotatable bonds is 6. The summed E-state index contributed by atoms with van der Waals surface area (Å²) in [6, 6.07) is 6.12. The summed E-state index contributed by atoms with van der Waals surface area (Å²) >= 11 is 2.77. The van der Waals surface area contributed by atoms with E-state index >= 15 is 0 Å². The van der Waals surface area contributed by atoms with Gasteiger partial charge < -0.3 is 9.88 Å². The third-order valence-electron chi connectivity index (χ3n) is 3.74. The van der Waals surface area contributed by atoms with E-state index in [1.165, 1.54) is 35.2 Å². The molecule has 2 heterocycles. The Bertz CT molecular complexity index is 900. The van der Waals surface area contributed by atoms with Crippen LogP contribution in [0.25, 0.3) is 11.4 Å². The number of anilines is 1. The first-order chi connectivity index (χ1) is 12.5. The predicted molar refractivity (Wildman–Crippen MR) is 102 cm³/mol. The molecule has 3 rings (SSSR count). The highest BCUT2D eigenvalue weighted by Gasteiger charge is 2.15. The fourth-order valence-electron chi connectivity index (χ4n) is 2.30. The van der Waals surface area contributed by atoms with E-state index in [0.717, 1.165) is 16.1 Å². The Morgan fingerprint density at radius 3 is 2.62 bits per heavy atom.